The topological polar surface area (TPSA) is 82.3 Å². The van der Waals surface area contributed by atoms with Crippen molar-refractivity contribution < 1.29 is 9.90 Å². The zero-order valence-electron chi connectivity index (χ0n) is 8.98. The van der Waals surface area contributed by atoms with Gasteiger partial charge >= 0.3 is 6.09 Å². The molecule has 0 spiro atoms. The molecule has 0 saturated carbocycles. The van der Waals surface area contributed by atoms with Gasteiger partial charge in [0.15, 0.2) is 0 Å². The van der Waals surface area contributed by atoms with Gasteiger partial charge in [0.05, 0.1) is 0 Å². The fraction of sp³-hybridized carbons (Fsp3) is 0.182. The number of halogens is 1. The predicted molar refractivity (Wildman–Crippen MR) is 68.6 cm³/mol. The summed E-state index contributed by atoms with van der Waals surface area (Å²) in [5.74, 6) is 5.33. The van der Waals surface area contributed by atoms with Crippen LogP contribution in [0.5, 0.6) is 0 Å². The molecule has 0 bridgehead atoms. The third-order valence-electron chi connectivity index (χ3n) is 2.60. The van der Waals surface area contributed by atoms with E-state index in [1.807, 2.05) is 24.4 Å². The molecule has 6 heteroatoms. The van der Waals surface area contributed by atoms with Crippen molar-refractivity contribution in [2.45, 2.75) is 6.42 Å². The maximum Gasteiger partial charge on any atom is 0.421 e. The number of nitrogens with one attached hydrogen (secondary N) is 1. The number of nitrogens with zero attached hydrogens (tertiary/aromatic N) is 1. The summed E-state index contributed by atoms with van der Waals surface area (Å²) in [4.78, 5) is 13.7. The Bertz CT molecular complexity index is 553. The van der Waals surface area contributed by atoms with Gasteiger partial charge in [0.25, 0.3) is 0 Å². The van der Waals surface area contributed by atoms with E-state index in [1.54, 1.807) is 0 Å². The zero-order valence-corrected chi connectivity index (χ0v) is 10.6. The van der Waals surface area contributed by atoms with Crippen LogP contribution in [-0.2, 0) is 6.42 Å². The number of nitrogens with two attached hydrogens (primary N) is 1. The SMILES string of the molecule is NN(CCc1c[nH]c2cccc(Br)c12)C(=O)O. The molecule has 0 saturated heterocycles. The van der Waals surface area contributed by atoms with E-state index < -0.39 is 6.09 Å². The standard InChI is InChI=1S/C11H12BrN3O2/c12-8-2-1-3-9-10(8)7(6-14-9)4-5-15(13)11(16)17/h1-3,6,14H,4-5,13H2,(H,16,17). The second-order valence-electron chi connectivity index (χ2n) is 3.70. The molecule has 1 heterocycles. The van der Waals surface area contributed by atoms with E-state index in [0.29, 0.717) is 6.42 Å². The lowest BCUT2D eigenvalue weighted by atomic mass is 10.1. The number of hydrogen-bond acceptors (Lipinski definition) is 2. The summed E-state index contributed by atoms with van der Waals surface area (Å²) in [6, 6.07) is 5.87. The number of amides is 1. The quantitative estimate of drug-likeness (QED) is 0.462. The molecule has 17 heavy (non-hydrogen) atoms. The Balaban J connectivity index is 2.22. The van der Waals surface area contributed by atoms with Crippen LogP contribution in [0.1, 0.15) is 5.56 Å². The van der Waals surface area contributed by atoms with E-state index in [0.717, 1.165) is 25.9 Å². The second kappa shape index (κ2) is 4.77. The summed E-state index contributed by atoms with van der Waals surface area (Å²) in [6.45, 7) is 0.267. The molecule has 0 radical (unpaired) electrons. The van der Waals surface area contributed by atoms with Gasteiger partial charge in [-0.2, -0.15) is 0 Å². The smallest absolute Gasteiger partial charge is 0.421 e. The molecule has 0 atom stereocenters. The maximum absolute atomic E-state index is 10.6. The summed E-state index contributed by atoms with van der Waals surface area (Å²) < 4.78 is 0.991. The molecule has 0 aliphatic carbocycles. The molecular weight excluding hydrogens is 286 g/mol. The number of carboxylic acid groups (broad SMARTS) is 1. The van der Waals surface area contributed by atoms with Crippen molar-refractivity contribution in [3.05, 3.63) is 34.4 Å². The maximum atomic E-state index is 10.6. The first-order valence-electron chi connectivity index (χ1n) is 5.09. The van der Waals surface area contributed by atoms with Crippen molar-refractivity contribution in [3.8, 4) is 0 Å². The Labute approximate surface area is 106 Å². The summed E-state index contributed by atoms with van der Waals surface area (Å²) >= 11 is 3.48. The highest BCUT2D eigenvalue weighted by Crippen LogP contribution is 2.27. The van der Waals surface area contributed by atoms with Gasteiger partial charge in [-0.1, -0.05) is 22.0 Å². The third kappa shape index (κ3) is 2.42. The average molecular weight is 298 g/mol. The van der Waals surface area contributed by atoms with E-state index in [2.05, 4.69) is 20.9 Å². The van der Waals surface area contributed by atoms with Crippen molar-refractivity contribution >= 4 is 32.9 Å². The highest BCUT2D eigenvalue weighted by molar-refractivity contribution is 9.10. The van der Waals surface area contributed by atoms with Crippen molar-refractivity contribution in [1.29, 1.82) is 0 Å². The largest absolute Gasteiger partial charge is 0.464 e. The Hall–Kier alpha value is -1.53. The lowest BCUT2D eigenvalue weighted by Gasteiger charge is -2.11. The Morgan fingerprint density at radius 3 is 3.00 bits per heavy atom. The summed E-state index contributed by atoms with van der Waals surface area (Å²) in [5.41, 5.74) is 2.07. The number of hydrazine groups is 1. The first kappa shape index (κ1) is 11.9. The number of aromatic amines is 1. The van der Waals surface area contributed by atoms with Crippen molar-refractivity contribution in [2.75, 3.05) is 6.54 Å². The second-order valence-corrected chi connectivity index (χ2v) is 4.56. The first-order valence-corrected chi connectivity index (χ1v) is 5.88. The summed E-state index contributed by atoms with van der Waals surface area (Å²) in [6.07, 6.45) is 1.33. The lowest BCUT2D eigenvalue weighted by molar-refractivity contribution is 0.146. The fourth-order valence-electron chi connectivity index (χ4n) is 1.74. The number of aromatic nitrogens is 1. The van der Waals surface area contributed by atoms with Gasteiger partial charge in [-0.3, -0.25) is 0 Å². The normalized spacial score (nSPS) is 10.7. The number of carbonyl (C=O) groups is 1. The van der Waals surface area contributed by atoms with Crippen molar-refractivity contribution in [3.63, 3.8) is 0 Å². The highest BCUT2D eigenvalue weighted by atomic mass is 79.9. The van der Waals surface area contributed by atoms with Gasteiger partial charge in [0.2, 0.25) is 0 Å². The van der Waals surface area contributed by atoms with Gasteiger partial charge in [0, 0.05) is 28.1 Å². The monoisotopic (exact) mass is 297 g/mol. The minimum atomic E-state index is -1.12. The molecule has 2 aromatic rings. The fourth-order valence-corrected chi connectivity index (χ4v) is 2.36. The highest BCUT2D eigenvalue weighted by Gasteiger charge is 2.10. The molecule has 0 aliphatic heterocycles. The summed E-state index contributed by atoms with van der Waals surface area (Å²) in [7, 11) is 0. The van der Waals surface area contributed by atoms with Crippen LogP contribution < -0.4 is 5.84 Å². The number of rotatable bonds is 3. The van der Waals surface area contributed by atoms with Crippen LogP contribution in [0.4, 0.5) is 4.79 Å². The van der Waals surface area contributed by atoms with E-state index in [4.69, 9.17) is 10.9 Å². The van der Waals surface area contributed by atoms with Gasteiger partial charge in [-0.25, -0.2) is 15.6 Å². The van der Waals surface area contributed by atoms with Crippen LogP contribution in [0.2, 0.25) is 0 Å². The van der Waals surface area contributed by atoms with Crippen LogP contribution in [0.3, 0.4) is 0 Å². The minimum Gasteiger partial charge on any atom is -0.464 e. The number of benzene rings is 1. The van der Waals surface area contributed by atoms with E-state index in [-0.39, 0.29) is 6.54 Å². The molecule has 1 amide bonds. The molecular formula is C11H12BrN3O2. The Morgan fingerprint density at radius 2 is 2.29 bits per heavy atom. The molecule has 5 nitrogen and oxygen atoms in total. The van der Waals surface area contributed by atoms with E-state index >= 15 is 0 Å². The summed E-state index contributed by atoms with van der Waals surface area (Å²) in [5, 5.41) is 10.5. The van der Waals surface area contributed by atoms with Gasteiger partial charge in [-0.05, 0) is 24.1 Å². The van der Waals surface area contributed by atoms with Crippen molar-refractivity contribution in [2.24, 2.45) is 5.84 Å². The van der Waals surface area contributed by atoms with Crippen LogP contribution in [0.15, 0.2) is 28.9 Å². The van der Waals surface area contributed by atoms with Gasteiger partial charge in [-0.15, -0.1) is 0 Å². The predicted octanol–water partition coefficient (Wildman–Crippen LogP) is 2.33. The van der Waals surface area contributed by atoms with Gasteiger partial charge in [0.1, 0.15) is 0 Å². The molecule has 4 N–H and O–H groups in total. The third-order valence-corrected chi connectivity index (χ3v) is 3.27. The number of fused-ring (bicyclic) bond motifs is 1. The van der Waals surface area contributed by atoms with E-state index in [1.165, 1.54) is 0 Å². The molecule has 1 aromatic heterocycles. The molecule has 90 valence electrons. The Morgan fingerprint density at radius 1 is 1.53 bits per heavy atom. The number of H-pyrrole nitrogens is 1. The molecule has 1 aromatic carbocycles. The lowest BCUT2D eigenvalue weighted by Crippen LogP contribution is -2.37. The van der Waals surface area contributed by atoms with E-state index in [9.17, 15) is 4.79 Å². The molecule has 0 fully saturated rings. The van der Waals surface area contributed by atoms with Crippen molar-refractivity contribution in [1.82, 2.24) is 9.99 Å². The van der Waals surface area contributed by atoms with Crippen LogP contribution in [0, 0.1) is 0 Å². The van der Waals surface area contributed by atoms with Crippen LogP contribution in [0.25, 0.3) is 10.9 Å². The average Bonchev–Trinajstić information content (AvgIpc) is 2.70. The molecule has 0 unspecified atom stereocenters. The van der Waals surface area contributed by atoms with Gasteiger partial charge < -0.3 is 10.1 Å². The zero-order chi connectivity index (χ0) is 12.4. The van der Waals surface area contributed by atoms with Crippen LogP contribution >= 0.6 is 15.9 Å². The number of hydrogen-bond donors (Lipinski definition) is 3. The van der Waals surface area contributed by atoms with Crippen LogP contribution in [-0.4, -0.2) is 27.7 Å². The molecule has 0 aliphatic rings. The Kier molecular flexibility index (Phi) is 3.35. The minimum absolute atomic E-state index is 0.267. The molecule has 2 rings (SSSR count). The first-order chi connectivity index (χ1) is 8.09.